The van der Waals surface area contributed by atoms with Crippen LogP contribution in [0, 0.1) is 17.5 Å². The average Bonchev–Trinajstić information content (AvgIpc) is 3.14. The predicted octanol–water partition coefficient (Wildman–Crippen LogP) is 6.36. The summed E-state index contributed by atoms with van der Waals surface area (Å²) in [7, 11) is 3.64. The van der Waals surface area contributed by atoms with Crippen LogP contribution in [-0.2, 0) is 25.9 Å². The van der Waals surface area contributed by atoms with Crippen molar-refractivity contribution in [3.05, 3.63) is 154 Å². The van der Waals surface area contributed by atoms with Crippen molar-refractivity contribution in [3.63, 3.8) is 0 Å². The van der Waals surface area contributed by atoms with Gasteiger partial charge in [0.15, 0.2) is 0 Å². The molecule has 0 aliphatic heterocycles. The van der Waals surface area contributed by atoms with Crippen molar-refractivity contribution in [2.24, 2.45) is 0 Å². The summed E-state index contributed by atoms with van der Waals surface area (Å²) in [6.07, 6.45) is 2.31. The molecule has 0 amide bonds. The third-order valence-corrected chi connectivity index (χ3v) is 9.56. The summed E-state index contributed by atoms with van der Waals surface area (Å²) in [5.41, 5.74) is 0.282. The van der Waals surface area contributed by atoms with E-state index in [2.05, 4.69) is 0 Å². The monoisotopic (exact) mass is 811 g/mol. The largest absolute Gasteiger partial charge is 0.477 e. The predicted molar refractivity (Wildman–Crippen MR) is 207 cm³/mol. The van der Waals surface area contributed by atoms with Gasteiger partial charge in [-0.25, -0.2) is 22.8 Å². The molecule has 292 valence electrons. The molecule has 0 spiro atoms. The number of carbonyl (C=O) groups is 2. The van der Waals surface area contributed by atoms with E-state index in [1.807, 2.05) is 19.0 Å². The Hall–Kier alpha value is -5.67. The molecular weight excluding hydrogens is 778 g/mol. The number of halogens is 5. The zero-order valence-electron chi connectivity index (χ0n) is 29.8. The molecule has 16 heteroatoms. The van der Waals surface area contributed by atoms with Crippen molar-refractivity contribution in [1.82, 2.24) is 9.13 Å². The zero-order valence-corrected chi connectivity index (χ0v) is 31.3. The smallest absolute Gasteiger partial charge is 0.341 e. The lowest BCUT2D eigenvalue weighted by Crippen LogP contribution is -2.21. The number of carboxylic acids is 2. The molecule has 0 unspecified atom stereocenters. The maximum Gasteiger partial charge on any atom is 0.341 e. The third kappa shape index (κ3) is 8.58. The van der Waals surface area contributed by atoms with Gasteiger partial charge in [0.25, 0.3) is 0 Å². The quantitative estimate of drug-likeness (QED) is 0.117. The Kier molecular flexibility index (Phi) is 12.9. The minimum absolute atomic E-state index is 0.00755. The van der Waals surface area contributed by atoms with E-state index in [1.54, 1.807) is 24.3 Å². The number of fused-ring (bicyclic) bond motifs is 2. The summed E-state index contributed by atoms with van der Waals surface area (Å²) in [5, 5.41) is 37.2. The van der Waals surface area contributed by atoms with Gasteiger partial charge in [-0.1, -0.05) is 47.5 Å². The summed E-state index contributed by atoms with van der Waals surface area (Å²) < 4.78 is 46.0. The van der Waals surface area contributed by atoms with E-state index in [0.29, 0.717) is 16.6 Å². The van der Waals surface area contributed by atoms with Crippen molar-refractivity contribution >= 4 is 62.6 Å². The van der Waals surface area contributed by atoms with Crippen molar-refractivity contribution < 1.29 is 43.2 Å². The normalized spacial score (nSPS) is 11.1. The van der Waals surface area contributed by atoms with Gasteiger partial charge in [0.2, 0.25) is 10.9 Å². The van der Waals surface area contributed by atoms with Crippen LogP contribution in [0.25, 0.3) is 21.8 Å². The fourth-order valence-electron chi connectivity index (χ4n) is 6.29. The van der Waals surface area contributed by atoms with Gasteiger partial charge in [-0.15, -0.1) is 0 Å². The fourth-order valence-corrected chi connectivity index (χ4v) is 6.68. The molecule has 0 atom stereocenters. The summed E-state index contributed by atoms with van der Waals surface area (Å²) in [5.74, 6) is -4.68. The minimum Gasteiger partial charge on any atom is -0.477 e. The molecule has 11 nitrogen and oxygen atoms in total. The van der Waals surface area contributed by atoms with Crippen LogP contribution in [0.3, 0.4) is 0 Å². The van der Waals surface area contributed by atoms with Crippen LogP contribution in [0.1, 0.15) is 43.0 Å². The SMILES string of the molecule is CN(C)c1cc2c(cc1Cc1cccc(Cl)c1F)c(=O)c(C(=O)O)cn2CCO.O=C(O)c1cn(CCO)c2cc(F)c(Cc3cccc(Cl)c3F)cc2c1=O. The van der Waals surface area contributed by atoms with E-state index in [-0.39, 0.29) is 82.2 Å². The highest BCUT2D eigenvalue weighted by Gasteiger charge is 2.20. The fraction of sp³-hybridized carbons (Fsp3) is 0.200. The molecule has 0 aliphatic rings. The first-order valence-electron chi connectivity index (χ1n) is 16.8. The van der Waals surface area contributed by atoms with Crippen molar-refractivity contribution in [3.8, 4) is 0 Å². The van der Waals surface area contributed by atoms with Gasteiger partial charge in [-0.3, -0.25) is 9.59 Å². The standard InChI is InChI=1S/C21H20ClFN2O4.C19H14ClF2NO4/c1-24(2)17-10-18-14(20(27)15(21(28)29)11-25(18)6-7-26)9-13(17)8-12-4-3-5-16(22)19(12)23;20-14-3-1-2-10(17(14)22)6-11-7-12-16(8-15(11)21)23(4-5-24)9-13(18(12)25)19(26)27/h3-5,9-11,26H,6-8H2,1-2H3,(H,28,29);1-3,7-9,24H,4-6H2,(H,26,27). The number of aliphatic hydroxyl groups excluding tert-OH is 2. The van der Waals surface area contributed by atoms with Crippen molar-refractivity contribution in [1.29, 1.82) is 0 Å². The van der Waals surface area contributed by atoms with E-state index in [0.717, 1.165) is 18.0 Å². The lowest BCUT2D eigenvalue weighted by Gasteiger charge is -2.21. The van der Waals surface area contributed by atoms with Crippen LogP contribution in [0.15, 0.2) is 82.6 Å². The Morgan fingerprint density at radius 1 is 0.661 bits per heavy atom. The first-order valence-corrected chi connectivity index (χ1v) is 17.6. The Bertz CT molecular complexity index is 2630. The van der Waals surface area contributed by atoms with Crippen molar-refractivity contribution in [2.45, 2.75) is 25.9 Å². The van der Waals surface area contributed by atoms with Gasteiger partial charge in [0, 0.05) is 68.9 Å². The topological polar surface area (TPSA) is 162 Å². The van der Waals surface area contributed by atoms with Crippen LogP contribution in [0.5, 0.6) is 0 Å². The van der Waals surface area contributed by atoms with Crippen LogP contribution < -0.4 is 15.8 Å². The second-order valence-electron chi connectivity index (χ2n) is 12.8. The molecule has 0 aliphatic carbocycles. The molecule has 4 N–H and O–H groups in total. The summed E-state index contributed by atoms with van der Waals surface area (Å²) in [4.78, 5) is 49.9. The average molecular weight is 813 g/mol. The summed E-state index contributed by atoms with van der Waals surface area (Å²) >= 11 is 11.6. The second kappa shape index (κ2) is 17.4. The van der Waals surface area contributed by atoms with Gasteiger partial charge in [-0.2, -0.15) is 0 Å². The van der Waals surface area contributed by atoms with E-state index >= 15 is 0 Å². The molecule has 0 bridgehead atoms. The van der Waals surface area contributed by atoms with Gasteiger partial charge in [-0.05, 0) is 58.7 Å². The number of aromatic carboxylic acids is 2. The highest BCUT2D eigenvalue weighted by molar-refractivity contribution is 6.31. The number of carboxylic acid groups (broad SMARTS) is 2. The number of hydrogen-bond donors (Lipinski definition) is 4. The second-order valence-corrected chi connectivity index (χ2v) is 13.6. The number of aliphatic hydroxyl groups is 2. The van der Waals surface area contributed by atoms with E-state index in [9.17, 15) is 47.7 Å². The van der Waals surface area contributed by atoms with E-state index in [4.69, 9.17) is 28.3 Å². The molecule has 56 heavy (non-hydrogen) atoms. The minimum atomic E-state index is -1.43. The first kappa shape index (κ1) is 41.5. The highest BCUT2D eigenvalue weighted by Crippen LogP contribution is 2.30. The molecule has 0 saturated carbocycles. The number of anilines is 1. The molecule has 0 fully saturated rings. The Morgan fingerprint density at radius 2 is 1.09 bits per heavy atom. The van der Waals surface area contributed by atoms with Gasteiger partial charge in [0.1, 0.15) is 28.6 Å². The summed E-state index contributed by atoms with van der Waals surface area (Å²) in [6, 6.07) is 14.7. The van der Waals surface area contributed by atoms with Crippen LogP contribution in [0.2, 0.25) is 10.0 Å². The molecule has 6 aromatic rings. The summed E-state index contributed by atoms with van der Waals surface area (Å²) in [6.45, 7) is -0.428. The number of hydrogen-bond acceptors (Lipinski definition) is 7. The number of pyridine rings is 2. The maximum absolute atomic E-state index is 14.6. The van der Waals surface area contributed by atoms with Crippen molar-refractivity contribution in [2.75, 3.05) is 32.2 Å². The molecule has 0 radical (unpaired) electrons. The van der Waals surface area contributed by atoms with Gasteiger partial charge >= 0.3 is 11.9 Å². The number of benzene rings is 4. The zero-order chi connectivity index (χ0) is 41.0. The van der Waals surface area contributed by atoms with Crippen LogP contribution >= 0.6 is 23.2 Å². The highest BCUT2D eigenvalue weighted by atomic mass is 35.5. The third-order valence-electron chi connectivity index (χ3n) is 8.98. The molecule has 2 heterocycles. The van der Waals surface area contributed by atoms with Crippen LogP contribution in [0.4, 0.5) is 18.9 Å². The van der Waals surface area contributed by atoms with Gasteiger partial charge < -0.3 is 34.5 Å². The molecular formula is C40H34Cl2F3N3O8. The Morgan fingerprint density at radius 3 is 1.52 bits per heavy atom. The maximum atomic E-state index is 14.6. The van der Waals surface area contributed by atoms with E-state index < -0.39 is 45.8 Å². The van der Waals surface area contributed by atoms with E-state index in [1.165, 1.54) is 45.7 Å². The molecule has 4 aromatic carbocycles. The lowest BCUT2D eigenvalue weighted by atomic mass is 9.99. The number of nitrogens with zero attached hydrogens (tertiary/aromatic N) is 3. The molecule has 0 saturated heterocycles. The molecule has 6 rings (SSSR count). The first-order chi connectivity index (χ1) is 26.6. The van der Waals surface area contributed by atoms with Gasteiger partial charge in [0.05, 0.1) is 34.3 Å². The Balaban J connectivity index is 0.000000215. The lowest BCUT2D eigenvalue weighted by molar-refractivity contribution is 0.0684. The van der Waals surface area contributed by atoms with Crippen LogP contribution in [-0.4, -0.2) is 68.8 Å². The number of aromatic nitrogens is 2. The molecule has 2 aromatic heterocycles. The Labute approximate surface area is 326 Å². The number of rotatable bonds is 11.